The predicted octanol–water partition coefficient (Wildman–Crippen LogP) is 1.03. The fourth-order valence-electron chi connectivity index (χ4n) is 2.12. The second kappa shape index (κ2) is 6.85. The molecule has 2 rings (SSSR count). The topological polar surface area (TPSA) is 92.3 Å². The molecule has 2 amide bonds. The summed E-state index contributed by atoms with van der Waals surface area (Å²) in [6.45, 7) is -0.256. The molecule has 2 N–H and O–H groups in total. The molecule has 1 aliphatic rings. The minimum absolute atomic E-state index is 0.0598. The minimum atomic E-state index is -3.06. The lowest BCUT2D eigenvalue weighted by atomic mass is 10.2. The van der Waals surface area contributed by atoms with E-state index in [0.717, 1.165) is 0 Å². The highest BCUT2D eigenvalue weighted by molar-refractivity contribution is 7.91. The molecule has 0 aromatic heterocycles. The van der Waals surface area contributed by atoms with Crippen LogP contribution in [0.25, 0.3) is 0 Å². The largest absolute Gasteiger partial charge is 0.351 e. The molecular weight excluding hydrogens is 351 g/mol. The van der Waals surface area contributed by atoms with E-state index in [9.17, 15) is 18.0 Å². The lowest BCUT2D eigenvalue weighted by Crippen LogP contribution is -2.42. The summed E-state index contributed by atoms with van der Waals surface area (Å²) < 4.78 is 22.6. The summed E-state index contributed by atoms with van der Waals surface area (Å²) in [5, 5.41) is 5.60. The molecule has 1 fully saturated rings. The first-order chi connectivity index (χ1) is 10.3. The van der Waals surface area contributed by atoms with Gasteiger partial charge in [0.1, 0.15) is 0 Å². The van der Waals surface area contributed by atoms with Gasteiger partial charge in [0.15, 0.2) is 9.84 Å². The van der Waals surface area contributed by atoms with E-state index in [0.29, 0.717) is 11.4 Å². The number of sulfone groups is 1. The molecular formula is C13H14Cl2N2O4S. The van der Waals surface area contributed by atoms with Gasteiger partial charge in [0.05, 0.1) is 28.6 Å². The molecule has 0 saturated carbocycles. The van der Waals surface area contributed by atoms with Crippen LogP contribution in [0.2, 0.25) is 10.0 Å². The summed E-state index contributed by atoms with van der Waals surface area (Å²) in [5.41, 5.74) is 0.210. The van der Waals surface area contributed by atoms with Gasteiger partial charge in [0.25, 0.3) is 5.91 Å². The Morgan fingerprint density at radius 2 is 2.00 bits per heavy atom. The van der Waals surface area contributed by atoms with Crippen molar-refractivity contribution in [1.82, 2.24) is 10.6 Å². The molecule has 0 radical (unpaired) electrons. The van der Waals surface area contributed by atoms with Crippen LogP contribution in [0.3, 0.4) is 0 Å². The van der Waals surface area contributed by atoms with Crippen LogP contribution in [0.1, 0.15) is 16.8 Å². The van der Waals surface area contributed by atoms with Gasteiger partial charge >= 0.3 is 0 Å². The molecule has 9 heteroatoms. The first kappa shape index (κ1) is 17.1. The number of amides is 2. The van der Waals surface area contributed by atoms with E-state index in [4.69, 9.17) is 23.2 Å². The standard InChI is InChI=1S/C13H14Cl2N2O4S/c14-8-1-2-10(11(15)5-8)13(19)16-6-12(18)17-9-3-4-22(20,21)7-9/h1-2,5,9H,3-4,6-7H2,(H,16,19)(H,17,18)/t9-/m0/s1. The van der Waals surface area contributed by atoms with Crippen LogP contribution >= 0.6 is 23.2 Å². The maximum Gasteiger partial charge on any atom is 0.253 e. The fourth-order valence-corrected chi connectivity index (χ4v) is 4.28. The number of carbonyl (C=O) groups excluding carboxylic acids is 2. The summed E-state index contributed by atoms with van der Waals surface area (Å²) in [7, 11) is -3.06. The quantitative estimate of drug-likeness (QED) is 0.834. The van der Waals surface area contributed by atoms with E-state index < -0.39 is 27.7 Å². The van der Waals surface area contributed by atoms with Crippen molar-refractivity contribution in [2.75, 3.05) is 18.1 Å². The third kappa shape index (κ3) is 4.59. The van der Waals surface area contributed by atoms with E-state index in [1.807, 2.05) is 0 Å². The molecule has 0 spiro atoms. The normalized spacial score (nSPS) is 19.6. The number of halogens is 2. The predicted molar refractivity (Wildman–Crippen MR) is 84.0 cm³/mol. The smallest absolute Gasteiger partial charge is 0.253 e. The molecule has 22 heavy (non-hydrogen) atoms. The molecule has 0 aliphatic carbocycles. The Labute approximate surface area is 138 Å². The Morgan fingerprint density at radius 3 is 2.59 bits per heavy atom. The van der Waals surface area contributed by atoms with Crippen molar-refractivity contribution >= 4 is 44.9 Å². The molecule has 1 heterocycles. The number of rotatable bonds is 4. The highest BCUT2D eigenvalue weighted by atomic mass is 35.5. The van der Waals surface area contributed by atoms with Crippen molar-refractivity contribution in [3.8, 4) is 0 Å². The van der Waals surface area contributed by atoms with Crippen molar-refractivity contribution < 1.29 is 18.0 Å². The highest BCUT2D eigenvalue weighted by Gasteiger charge is 2.28. The number of benzene rings is 1. The van der Waals surface area contributed by atoms with Gasteiger partial charge in [0, 0.05) is 11.1 Å². The number of hydrogen-bond donors (Lipinski definition) is 2. The van der Waals surface area contributed by atoms with E-state index in [-0.39, 0.29) is 28.6 Å². The zero-order valence-corrected chi connectivity index (χ0v) is 13.8. The molecule has 1 atom stereocenters. The summed E-state index contributed by atoms with van der Waals surface area (Å²) in [4.78, 5) is 23.6. The Morgan fingerprint density at radius 1 is 1.27 bits per heavy atom. The van der Waals surface area contributed by atoms with Gasteiger partial charge in [-0.25, -0.2) is 8.42 Å². The molecule has 1 saturated heterocycles. The highest BCUT2D eigenvalue weighted by Crippen LogP contribution is 2.20. The van der Waals surface area contributed by atoms with E-state index in [1.165, 1.54) is 18.2 Å². The molecule has 0 unspecified atom stereocenters. The Bertz CT molecular complexity index is 706. The first-order valence-corrected chi connectivity index (χ1v) is 9.07. The van der Waals surface area contributed by atoms with Crippen molar-refractivity contribution in [3.05, 3.63) is 33.8 Å². The van der Waals surface area contributed by atoms with Gasteiger partial charge in [-0.05, 0) is 24.6 Å². The zero-order chi connectivity index (χ0) is 16.3. The molecule has 1 aliphatic heterocycles. The van der Waals surface area contributed by atoms with Crippen molar-refractivity contribution in [2.45, 2.75) is 12.5 Å². The van der Waals surface area contributed by atoms with Crippen LogP contribution in [0.4, 0.5) is 0 Å². The maximum absolute atomic E-state index is 11.9. The average molecular weight is 365 g/mol. The number of carbonyl (C=O) groups is 2. The maximum atomic E-state index is 11.9. The zero-order valence-electron chi connectivity index (χ0n) is 11.4. The molecule has 120 valence electrons. The number of hydrogen-bond acceptors (Lipinski definition) is 4. The molecule has 1 aromatic carbocycles. The molecule has 6 nitrogen and oxygen atoms in total. The van der Waals surface area contributed by atoms with Crippen LogP contribution in [-0.4, -0.2) is 44.3 Å². The second-order valence-electron chi connectivity index (χ2n) is 4.97. The Hall–Kier alpha value is -1.31. The van der Waals surface area contributed by atoms with Gasteiger partial charge < -0.3 is 10.6 Å². The lowest BCUT2D eigenvalue weighted by Gasteiger charge is -2.11. The summed E-state index contributed by atoms with van der Waals surface area (Å²) in [6, 6.07) is 4.02. The Balaban J connectivity index is 1.84. The van der Waals surface area contributed by atoms with Crippen LogP contribution in [-0.2, 0) is 14.6 Å². The van der Waals surface area contributed by atoms with Crippen LogP contribution in [0, 0.1) is 0 Å². The summed E-state index contributed by atoms with van der Waals surface area (Å²) >= 11 is 11.6. The molecule has 1 aromatic rings. The van der Waals surface area contributed by atoms with Crippen LogP contribution in [0.15, 0.2) is 18.2 Å². The third-order valence-electron chi connectivity index (χ3n) is 3.18. The third-order valence-corrected chi connectivity index (χ3v) is 5.50. The van der Waals surface area contributed by atoms with Gasteiger partial charge in [-0.15, -0.1) is 0 Å². The van der Waals surface area contributed by atoms with Gasteiger partial charge in [-0.3, -0.25) is 9.59 Å². The van der Waals surface area contributed by atoms with Crippen molar-refractivity contribution in [2.24, 2.45) is 0 Å². The van der Waals surface area contributed by atoms with E-state index in [1.54, 1.807) is 0 Å². The Kier molecular flexibility index (Phi) is 5.31. The van der Waals surface area contributed by atoms with Crippen LogP contribution < -0.4 is 10.6 Å². The lowest BCUT2D eigenvalue weighted by molar-refractivity contribution is -0.120. The minimum Gasteiger partial charge on any atom is -0.351 e. The van der Waals surface area contributed by atoms with Crippen LogP contribution in [0.5, 0.6) is 0 Å². The number of nitrogens with one attached hydrogen (secondary N) is 2. The van der Waals surface area contributed by atoms with E-state index in [2.05, 4.69) is 10.6 Å². The van der Waals surface area contributed by atoms with Gasteiger partial charge in [-0.1, -0.05) is 23.2 Å². The summed E-state index contributed by atoms with van der Waals surface area (Å²) in [5.74, 6) is -0.934. The monoisotopic (exact) mass is 364 g/mol. The van der Waals surface area contributed by atoms with E-state index >= 15 is 0 Å². The summed E-state index contributed by atoms with van der Waals surface area (Å²) in [6.07, 6.45) is 0.394. The average Bonchev–Trinajstić information content (AvgIpc) is 2.75. The van der Waals surface area contributed by atoms with Gasteiger partial charge in [-0.2, -0.15) is 0 Å². The van der Waals surface area contributed by atoms with Crippen molar-refractivity contribution in [1.29, 1.82) is 0 Å². The second-order valence-corrected chi connectivity index (χ2v) is 8.05. The fraction of sp³-hybridized carbons (Fsp3) is 0.385. The van der Waals surface area contributed by atoms with Gasteiger partial charge in [0.2, 0.25) is 5.91 Å². The molecule has 0 bridgehead atoms. The first-order valence-electron chi connectivity index (χ1n) is 6.50. The SMILES string of the molecule is O=C(CNC(=O)c1ccc(Cl)cc1Cl)N[C@H]1CCS(=O)(=O)C1. The van der Waals surface area contributed by atoms with Crippen molar-refractivity contribution in [3.63, 3.8) is 0 Å².